The van der Waals surface area contributed by atoms with Crippen molar-refractivity contribution in [2.75, 3.05) is 13.2 Å². The van der Waals surface area contributed by atoms with Gasteiger partial charge in [0, 0.05) is 0 Å². The van der Waals surface area contributed by atoms with Gasteiger partial charge in [0.25, 0.3) is 0 Å². The third kappa shape index (κ3) is 8.06. The Morgan fingerprint density at radius 1 is 0.850 bits per heavy atom. The number of carbonyl (C=O) groups excluding carboxylic acids is 2. The molecule has 3 unspecified atom stereocenters. The standard InChI is InChI=1S/C34H38O6/c1-5-20-37-28-13-7-25(8-14-28)26-9-15-30(16-10-26)40-34(36)27-11-17-29(18-12-27)39-33(35)22-38-32-21-24(4)6-19-31(32)23(2)3/h5,7-18,23-24,31-32H,1,6,19-22H2,2-4H3. The van der Waals surface area contributed by atoms with Crippen LogP contribution in [-0.2, 0) is 9.53 Å². The third-order valence-electron chi connectivity index (χ3n) is 7.32. The Morgan fingerprint density at radius 2 is 1.43 bits per heavy atom. The van der Waals surface area contributed by atoms with Crippen LogP contribution in [0.4, 0.5) is 0 Å². The molecule has 6 nitrogen and oxygen atoms in total. The molecule has 6 heteroatoms. The molecule has 1 fully saturated rings. The van der Waals surface area contributed by atoms with E-state index in [1.54, 1.807) is 42.5 Å². The first-order chi connectivity index (χ1) is 19.3. The molecule has 3 aromatic carbocycles. The minimum atomic E-state index is -0.496. The molecule has 1 aliphatic carbocycles. The van der Waals surface area contributed by atoms with E-state index in [0.717, 1.165) is 29.7 Å². The molecule has 0 N–H and O–H groups in total. The van der Waals surface area contributed by atoms with Crippen LogP contribution < -0.4 is 14.2 Å². The Morgan fingerprint density at radius 3 is 2.02 bits per heavy atom. The quantitative estimate of drug-likeness (QED) is 0.142. The summed E-state index contributed by atoms with van der Waals surface area (Å²) in [7, 11) is 0. The Hall–Kier alpha value is -3.90. The molecular formula is C34H38O6. The first-order valence-electron chi connectivity index (χ1n) is 13.9. The van der Waals surface area contributed by atoms with E-state index in [1.165, 1.54) is 6.42 Å². The van der Waals surface area contributed by atoms with Crippen molar-refractivity contribution in [3.63, 3.8) is 0 Å². The van der Waals surface area contributed by atoms with Gasteiger partial charge >= 0.3 is 11.9 Å². The van der Waals surface area contributed by atoms with Crippen molar-refractivity contribution in [2.24, 2.45) is 17.8 Å². The van der Waals surface area contributed by atoms with E-state index in [9.17, 15) is 9.59 Å². The zero-order chi connectivity index (χ0) is 28.5. The van der Waals surface area contributed by atoms with Gasteiger partial charge in [0.05, 0.1) is 11.7 Å². The second-order valence-electron chi connectivity index (χ2n) is 10.7. The molecule has 3 aromatic rings. The smallest absolute Gasteiger partial charge is 0.343 e. The molecular weight excluding hydrogens is 504 g/mol. The average Bonchev–Trinajstić information content (AvgIpc) is 2.96. The highest BCUT2D eigenvalue weighted by molar-refractivity contribution is 5.91. The summed E-state index contributed by atoms with van der Waals surface area (Å²) >= 11 is 0. The maximum atomic E-state index is 12.6. The van der Waals surface area contributed by atoms with Crippen LogP contribution in [0.25, 0.3) is 11.1 Å². The van der Waals surface area contributed by atoms with Crippen molar-refractivity contribution in [3.05, 3.63) is 91.0 Å². The first-order valence-corrected chi connectivity index (χ1v) is 13.9. The molecule has 0 saturated heterocycles. The van der Waals surface area contributed by atoms with Crippen molar-refractivity contribution < 1.29 is 28.5 Å². The minimum Gasteiger partial charge on any atom is -0.490 e. The summed E-state index contributed by atoms with van der Waals surface area (Å²) < 4.78 is 22.5. The maximum absolute atomic E-state index is 12.6. The van der Waals surface area contributed by atoms with E-state index in [0.29, 0.717) is 41.4 Å². The number of ether oxygens (including phenoxy) is 4. The number of hydrogen-bond donors (Lipinski definition) is 0. The van der Waals surface area contributed by atoms with Crippen LogP contribution >= 0.6 is 0 Å². The van der Waals surface area contributed by atoms with Gasteiger partial charge in [0.15, 0.2) is 0 Å². The van der Waals surface area contributed by atoms with Crippen LogP contribution in [0.15, 0.2) is 85.5 Å². The molecule has 0 heterocycles. The summed E-state index contributed by atoms with van der Waals surface area (Å²) in [6, 6.07) is 21.4. The number of rotatable bonds is 11. The van der Waals surface area contributed by atoms with Crippen LogP contribution in [0.1, 0.15) is 50.4 Å². The van der Waals surface area contributed by atoms with Crippen molar-refractivity contribution in [2.45, 2.75) is 46.1 Å². The van der Waals surface area contributed by atoms with Gasteiger partial charge in [-0.1, -0.05) is 64.1 Å². The van der Waals surface area contributed by atoms with E-state index < -0.39 is 11.9 Å². The lowest BCUT2D eigenvalue weighted by molar-refractivity contribution is -0.145. The molecule has 0 aliphatic heterocycles. The Bertz CT molecular complexity index is 1260. The van der Waals surface area contributed by atoms with Gasteiger partial charge in [0.2, 0.25) is 0 Å². The third-order valence-corrected chi connectivity index (χ3v) is 7.32. The zero-order valence-electron chi connectivity index (χ0n) is 23.5. The molecule has 0 aromatic heterocycles. The van der Waals surface area contributed by atoms with Crippen molar-refractivity contribution in [1.82, 2.24) is 0 Å². The topological polar surface area (TPSA) is 71.1 Å². The second kappa shape index (κ2) is 13.9. The van der Waals surface area contributed by atoms with Crippen LogP contribution in [0.3, 0.4) is 0 Å². The molecule has 210 valence electrons. The Balaban J connectivity index is 1.26. The Kier molecular flexibility index (Phi) is 10.1. The fraction of sp³-hybridized carbons (Fsp3) is 0.353. The zero-order valence-corrected chi connectivity index (χ0v) is 23.5. The summed E-state index contributed by atoms with van der Waals surface area (Å²) in [4.78, 5) is 25.1. The largest absolute Gasteiger partial charge is 0.490 e. The fourth-order valence-electron chi connectivity index (χ4n) is 5.08. The van der Waals surface area contributed by atoms with Gasteiger partial charge < -0.3 is 18.9 Å². The second-order valence-corrected chi connectivity index (χ2v) is 10.7. The van der Waals surface area contributed by atoms with Crippen LogP contribution in [0.2, 0.25) is 0 Å². The summed E-state index contributed by atoms with van der Waals surface area (Å²) in [5.41, 5.74) is 2.36. The normalized spacial score (nSPS) is 18.6. The summed E-state index contributed by atoms with van der Waals surface area (Å²) in [6.07, 6.45) is 5.07. The van der Waals surface area contributed by atoms with Gasteiger partial charge in [-0.2, -0.15) is 0 Å². The lowest BCUT2D eigenvalue weighted by Gasteiger charge is -2.36. The van der Waals surface area contributed by atoms with Crippen LogP contribution in [0.5, 0.6) is 17.2 Å². The van der Waals surface area contributed by atoms with Gasteiger partial charge in [-0.15, -0.1) is 0 Å². The molecule has 0 spiro atoms. The van der Waals surface area contributed by atoms with Gasteiger partial charge in [-0.3, -0.25) is 0 Å². The van der Waals surface area contributed by atoms with E-state index >= 15 is 0 Å². The molecule has 4 rings (SSSR count). The highest BCUT2D eigenvalue weighted by atomic mass is 16.6. The van der Waals surface area contributed by atoms with Gasteiger partial charge in [-0.25, -0.2) is 9.59 Å². The first kappa shape index (κ1) is 29.1. The number of hydrogen-bond acceptors (Lipinski definition) is 6. The lowest BCUT2D eigenvalue weighted by Crippen LogP contribution is -2.36. The molecule has 1 aliphatic rings. The molecule has 40 heavy (non-hydrogen) atoms. The molecule has 0 bridgehead atoms. The highest BCUT2D eigenvalue weighted by Crippen LogP contribution is 2.35. The van der Waals surface area contributed by atoms with E-state index in [1.807, 2.05) is 36.4 Å². The SMILES string of the molecule is C=CCOc1ccc(-c2ccc(OC(=O)c3ccc(OC(=O)COC4CC(C)CCC4C(C)C)cc3)cc2)cc1. The van der Waals surface area contributed by atoms with Crippen LogP contribution in [0, 0.1) is 17.8 Å². The summed E-state index contributed by atoms with van der Waals surface area (Å²) in [5, 5.41) is 0. The molecule has 0 amide bonds. The van der Waals surface area contributed by atoms with Crippen molar-refractivity contribution >= 4 is 11.9 Å². The average molecular weight is 543 g/mol. The maximum Gasteiger partial charge on any atom is 0.343 e. The number of esters is 2. The predicted octanol–water partition coefficient (Wildman–Crippen LogP) is 7.52. The highest BCUT2D eigenvalue weighted by Gasteiger charge is 2.32. The van der Waals surface area contributed by atoms with Gasteiger partial charge in [0.1, 0.15) is 30.5 Å². The van der Waals surface area contributed by atoms with Crippen molar-refractivity contribution in [1.29, 1.82) is 0 Å². The summed E-state index contributed by atoms with van der Waals surface area (Å²) in [6.45, 7) is 10.7. The summed E-state index contributed by atoms with van der Waals surface area (Å²) in [5.74, 6) is 2.19. The van der Waals surface area contributed by atoms with Crippen molar-refractivity contribution in [3.8, 4) is 28.4 Å². The number of benzene rings is 3. The molecule has 3 atom stereocenters. The molecule has 0 radical (unpaired) electrons. The van der Waals surface area contributed by atoms with E-state index in [-0.39, 0.29) is 12.7 Å². The lowest BCUT2D eigenvalue weighted by atomic mass is 9.75. The molecule has 1 saturated carbocycles. The van der Waals surface area contributed by atoms with E-state index in [2.05, 4.69) is 27.4 Å². The van der Waals surface area contributed by atoms with Gasteiger partial charge in [-0.05, 0) is 90.3 Å². The monoisotopic (exact) mass is 542 g/mol. The number of carbonyl (C=O) groups is 2. The predicted molar refractivity (Wildman–Crippen MR) is 156 cm³/mol. The minimum absolute atomic E-state index is 0.0741. The fourth-order valence-corrected chi connectivity index (χ4v) is 5.08. The van der Waals surface area contributed by atoms with Crippen LogP contribution in [-0.4, -0.2) is 31.3 Å². The Labute approximate surface area is 236 Å². The van der Waals surface area contributed by atoms with E-state index in [4.69, 9.17) is 18.9 Å².